The lowest BCUT2D eigenvalue weighted by molar-refractivity contribution is -0.121. The van der Waals surface area contributed by atoms with E-state index in [9.17, 15) is 4.79 Å². The van der Waals surface area contributed by atoms with Crippen molar-refractivity contribution in [2.45, 2.75) is 31.7 Å². The lowest BCUT2D eigenvalue weighted by Gasteiger charge is -2.25. The number of carbonyl (C=O) groups is 1. The number of aryl methyl sites for hydroxylation is 1. The Kier molecular flexibility index (Phi) is 5.82. The Balaban J connectivity index is 1.29. The number of amides is 1. The normalized spacial score (nSPS) is 15.6. The summed E-state index contributed by atoms with van der Waals surface area (Å²) in [5.41, 5.74) is 0.873. The molecule has 0 aliphatic carbocycles. The quantitative estimate of drug-likeness (QED) is 0.646. The summed E-state index contributed by atoms with van der Waals surface area (Å²) in [6.07, 6.45) is 4.78. The van der Waals surface area contributed by atoms with Gasteiger partial charge in [0.25, 0.3) is 0 Å². The number of carbonyl (C=O) groups excluding carboxylic acids is 1. The number of hydrogen-bond donors (Lipinski definition) is 1. The van der Waals surface area contributed by atoms with Crippen LogP contribution in [0.5, 0.6) is 0 Å². The number of nitrogens with zero attached hydrogens (tertiary/aromatic N) is 3. The van der Waals surface area contributed by atoms with Crippen LogP contribution < -0.4 is 5.32 Å². The molecule has 0 radical (unpaired) electrons. The van der Waals surface area contributed by atoms with Gasteiger partial charge in [-0.2, -0.15) is 0 Å². The molecular weight excluding hydrogens is 356 g/mol. The van der Waals surface area contributed by atoms with E-state index in [2.05, 4.69) is 20.4 Å². The molecular formula is C21H24N4O3. The molecule has 0 spiro atoms. The van der Waals surface area contributed by atoms with Gasteiger partial charge in [0.05, 0.1) is 12.3 Å². The van der Waals surface area contributed by atoms with E-state index < -0.39 is 0 Å². The molecule has 7 nitrogen and oxygen atoms in total. The zero-order valence-electron chi connectivity index (χ0n) is 15.7. The monoisotopic (exact) mass is 380 g/mol. The molecule has 1 aromatic carbocycles. The van der Waals surface area contributed by atoms with Gasteiger partial charge in [-0.15, -0.1) is 10.2 Å². The Morgan fingerprint density at radius 1 is 1.11 bits per heavy atom. The Bertz CT molecular complexity index is 870. The lowest BCUT2D eigenvalue weighted by Crippen LogP contribution is -2.36. The van der Waals surface area contributed by atoms with Crippen LogP contribution in [0.15, 0.2) is 57.6 Å². The predicted octanol–water partition coefficient (Wildman–Crippen LogP) is 3.22. The highest BCUT2D eigenvalue weighted by Crippen LogP contribution is 2.25. The summed E-state index contributed by atoms with van der Waals surface area (Å²) in [5.74, 6) is 1.81. The van der Waals surface area contributed by atoms with Crippen LogP contribution in [0.2, 0.25) is 0 Å². The van der Waals surface area contributed by atoms with Gasteiger partial charge in [-0.25, -0.2) is 0 Å². The van der Waals surface area contributed by atoms with Gasteiger partial charge in [-0.1, -0.05) is 18.2 Å². The number of aromatic nitrogens is 2. The van der Waals surface area contributed by atoms with Crippen molar-refractivity contribution in [3.8, 4) is 11.5 Å². The Hall–Kier alpha value is -2.93. The van der Waals surface area contributed by atoms with Crippen molar-refractivity contribution in [3.63, 3.8) is 0 Å². The average Bonchev–Trinajstić information content (AvgIpc) is 3.50. The lowest BCUT2D eigenvalue weighted by atomic mass is 10.2. The van der Waals surface area contributed by atoms with Crippen molar-refractivity contribution >= 4 is 5.91 Å². The standard InChI is InChI=1S/C21H24N4O3/c26-19(10-11-20-23-24-21(28-20)16-7-2-1-3-8-16)22-15-17(18-9-6-14-27-18)25-12-4-5-13-25/h1-3,6-9,14,17H,4-5,10-13,15H2,(H,22,26). The molecule has 3 aromatic rings. The van der Waals surface area contributed by atoms with Crippen LogP contribution >= 0.6 is 0 Å². The van der Waals surface area contributed by atoms with Crippen LogP contribution in [0.25, 0.3) is 11.5 Å². The second kappa shape index (κ2) is 8.84. The van der Waals surface area contributed by atoms with Crippen molar-refractivity contribution in [3.05, 3.63) is 60.4 Å². The minimum absolute atomic E-state index is 0.0322. The maximum Gasteiger partial charge on any atom is 0.247 e. The zero-order valence-corrected chi connectivity index (χ0v) is 15.7. The number of furan rings is 1. The van der Waals surface area contributed by atoms with Crippen LogP contribution in [0.1, 0.15) is 37.0 Å². The fourth-order valence-corrected chi connectivity index (χ4v) is 3.52. The minimum atomic E-state index is -0.0322. The molecule has 0 bridgehead atoms. The molecule has 4 rings (SSSR count). The van der Waals surface area contributed by atoms with E-state index in [0.29, 0.717) is 31.2 Å². The molecule has 146 valence electrons. The molecule has 28 heavy (non-hydrogen) atoms. The van der Waals surface area contributed by atoms with Crippen molar-refractivity contribution in [1.82, 2.24) is 20.4 Å². The Morgan fingerprint density at radius 2 is 1.93 bits per heavy atom. The highest BCUT2D eigenvalue weighted by molar-refractivity contribution is 5.76. The molecule has 1 aliphatic rings. The summed E-state index contributed by atoms with van der Waals surface area (Å²) < 4.78 is 11.2. The van der Waals surface area contributed by atoms with Gasteiger partial charge in [0.15, 0.2) is 0 Å². The molecule has 7 heteroatoms. The number of hydrogen-bond acceptors (Lipinski definition) is 6. The Morgan fingerprint density at radius 3 is 2.68 bits per heavy atom. The van der Waals surface area contributed by atoms with Crippen LogP contribution in [0, 0.1) is 0 Å². The summed E-state index contributed by atoms with van der Waals surface area (Å²) in [7, 11) is 0. The first-order valence-electron chi connectivity index (χ1n) is 9.71. The van der Waals surface area contributed by atoms with Gasteiger partial charge < -0.3 is 14.2 Å². The number of likely N-dealkylation sites (tertiary alicyclic amines) is 1. The third-order valence-electron chi connectivity index (χ3n) is 5.00. The summed E-state index contributed by atoms with van der Waals surface area (Å²) in [5, 5.41) is 11.1. The van der Waals surface area contributed by atoms with E-state index in [4.69, 9.17) is 8.83 Å². The van der Waals surface area contributed by atoms with Crippen molar-refractivity contribution in [2.75, 3.05) is 19.6 Å². The second-order valence-corrected chi connectivity index (χ2v) is 6.95. The van der Waals surface area contributed by atoms with Crippen LogP contribution in [-0.2, 0) is 11.2 Å². The number of rotatable bonds is 8. The maximum absolute atomic E-state index is 12.3. The zero-order chi connectivity index (χ0) is 19.2. The topological polar surface area (TPSA) is 84.4 Å². The van der Waals surface area contributed by atoms with Gasteiger partial charge >= 0.3 is 0 Å². The first-order valence-corrected chi connectivity index (χ1v) is 9.71. The van der Waals surface area contributed by atoms with Gasteiger partial charge in [0.1, 0.15) is 5.76 Å². The average molecular weight is 380 g/mol. The summed E-state index contributed by atoms with van der Waals surface area (Å²) in [6.45, 7) is 2.60. The molecule has 0 saturated carbocycles. The first-order chi connectivity index (χ1) is 13.8. The third kappa shape index (κ3) is 4.48. The minimum Gasteiger partial charge on any atom is -0.468 e. The fourth-order valence-electron chi connectivity index (χ4n) is 3.52. The number of nitrogens with one attached hydrogen (secondary N) is 1. The van der Waals surface area contributed by atoms with Gasteiger partial charge in [-0.3, -0.25) is 9.69 Å². The molecule has 3 heterocycles. The molecule has 2 aromatic heterocycles. The molecule has 1 fully saturated rings. The fraction of sp³-hybridized carbons (Fsp3) is 0.381. The maximum atomic E-state index is 12.3. The highest BCUT2D eigenvalue weighted by atomic mass is 16.4. The van der Waals surface area contributed by atoms with Crippen molar-refractivity contribution < 1.29 is 13.6 Å². The molecule has 1 unspecified atom stereocenters. The van der Waals surface area contributed by atoms with Crippen molar-refractivity contribution in [1.29, 1.82) is 0 Å². The highest BCUT2D eigenvalue weighted by Gasteiger charge is 2.25. The van der Waals surface area contributed by atoms with E-state index >= 15 is 0 Å². The van der Waals surface area contributed by atoms with Crippen LogP contribution in [0.3, 0.4) is 0 Å². The van der Waals surface area contributed by atoms with E-state index in [0.717, 1.165) is 24.4 Å². The van der Waals surface area contributed by atoms with E-state index in [1.54, 1.807) is 6.26 Å². The smallest absolute Gasteiger partial charge is 0.247 e. The molecule has 1 N–H and O–H groups in total. The second-order valence-electron chi connectivity index (χ2n) is 6.95. The van der Waals surface area contributed by atoms with Gasteiger partial charge in [-0.05, 0) is 50.2 Å². The SMILES string of the molecule is O=C(CCc1nnc(-c2ccccc2)o1)NCC(c1ccco1)N1CCCC1. The molecule has 1 atom stereocenters. The summed E-state index contributed by atoms with van der Waals surface area (Å²) >= 11 is 0. The predicted molar refractivity (Wildman–Crippen MR) is 103 cm³/mol. The van der Waals surface area contributed by atoms with Crippen LogP contribution in [0.4, 0.5) is 0 Å². The van der Waals surface area contributed by atoms with Gasteiger partial charge in [0, 0.05) is 24.9 Å². The van der Waals surface area contributed by atoms with Crippen LogP contribution in [-0.4, -0.2) is 40.6 Å². The third-order valence-corrected chi connectivity index (χ3v) is 5.00. The first kappa shape index (κ1) is 18.4. The van der Waals surface area contributed by atoms with Gasteiger partial charge in [0.2, 0.25) is 17.7 Å². The largest absolute Gasteiger partial charge is 0.468 e. The summed E-state index contributed by atoms with van der Waals surface area (Å²) in [6, 6.07) is 13.5. The molecule has 1 amide bonds. The molecule has 1 aliphatic heterocycles. The van der Waals surface area contributed by atoms with E-state index in [-0.39, 0.29) is 11.9 Å². The molecule has 1 saturated heterocycles. The van der Waals surface area contributed by atoms with Crippen molar-refractivity contribution in [2.24, 2.45) is 0 Å². The van der Waals surface area contributed by atoms with E-state index in [1.165, 1.54) is 12.8 Å². The Labute approximate surface area is 163 Å². The summed E-state index contributed by atoms with van der Waals surface area (Å²) in [4.78, 5) is 14.7. The van der Waals surface area contributed by atoms with E-state index in [1.807, 2.05) is 42.5 Å². The number of benzene rings is 1.